The molecule has 2 saturated heterocycles. The minimum absolute atomic E-state index is 0.0766. The van der Waals surface area contributed by atoms with Crippen LogP contribution in [-0.2, 0) is 11.3 Å². The van der Waals surface area contributed by atoms with Crippen molar-refractivity contribution in [3.05, 3.63) is 59.4 Å². The summed E-state index contributed by atoms with van der Waals surface area (Å²) < 4.78 is 2.34. The SMILES string of the molecule is CC(C)n1c(CN2CCC[C@@H](C(=O)N3CCN(c4ccc(Cl)cc4)CC3)C2)nc2ccccc21. The Morgan fingerprint density at radius 3 is 2.50 bits per heavy atom. The molecule has 0 saturated carbocycles. The number of carbonyl (C=O) groups excluding carboxylic acids is 1. The number of benzene rings is 2. The van der Waals surface area contributed by atoms with Crippen molar-refractivity contribution in [1.29, 1.82) is 0 Å². The Balaban J connectivity index is 1.21. The number of nitrogens with zero attached hydrogens (tertiary/aromatic N) is 5. The Bertz CT molecular complexity index is 1130. The van der Waals surface area contributed by atoms with Crippen LogP contribution in [0.1, 0.15) is 38.6 Å². The summed E-state index contributed by atoms with van der Waals surface area (Å²) in [5.41, 5.74) is 3.42. The lowest BCUT2D eigenvalue weighted by Gasteiger charge is -2.39. The monoisotopic (exact) mass is 479 g/mol. The van der Waals surface area contributed by atoms with Crippen LogP contribution in [0.5, 0.6) is 0 Å². The van der Waals surface area contributed by atoms with Crippen LogP contribution in [0, 0.1) is 5.92 Å². The average molecular weight is 480 g/mol. The first-order chi connectivity index (χ1) is 16.5. The Labute approximate surface area is 207 Å². The van der Waals surface area contributed by atoms with Gasteiger partial charge in [-0.3, -0.25) is 9.69 Å². The van der Waals surface area contributed by atoms with E-state index in [4.69, 9.17) is 16.6 Å². The zero-order chi connectivity index (χ0) is 23.7. The molecular formula is C27H34ClN5O. The summed E-state index contributed by atoms with van der Waals surface area (Å²) >= 11 is 6.03. The van der Waals surface area contributed by atoms with Gasteiger partial charge in [-0.2, -0.15) is 0 Å². The third-order valence-electron chi connectivity index (χ3n) is 7.19. The van der Waals surface area contributed by atoms with E-state index in [0.29, 0.717) is 11.9 Å². The number of halogens is 1. The number of fused-ring (bicyclic) bond motifs is 1. The highest BCUT2D eigenvalue weighted by Crippen LogP contribution is 2.26. The standard InChI is InChI=1S/C27H34ClN5O/c1-20(2)33-25-8-4-3-7-24(25)29-26(33)19-30-13-5-6-21(18-30)27(34)32-16-14-31(15-17-32)23-11-9-22(28)10-12-23/h3-4,7-12,20-21H,5-6,13-19H2,1-2H3/t21-/m1/s1. The second kappa shape index (κ2) is 9.96. The van der Waals surface area contributed by atoms with Gasteiger partial charge in [-0.05, 0) is 69.6 Å². The summed E-state index contributed by atoms with van der Waals surface area (Å²) in [7, 11) is 0. The van der Waals surface area contributed by atoms with Crippen LogP contribution in [0.15, 0.2) is 48.5 Å². The summed E-state index contributed by atoms with van der Waals surface area (Å²) in [6.45, 7) is 10.3. The molecule has 0 bridgehead atoms. The molecule has 0 N–H and O–H groups in total. The van der Waals surface area contributed by atoms with E-state index in [9.17, 15) is 4.79 Å². The lowest BCUT2D eigenvalue weighted by Crippen LogP contribution is -2.52. The lowest BCUT2D eigenvalue weighted by atomic mass is 9.96. The van der Waals surface area contributed by atoms with Gasteiger partial charge >= 0.3 is 0 Å². The zero-order valence-corrected chi connectivity index (χ0v) is 20.9. The van der Waals surface area contributed by atoms with E-state index in [-0.39, 0.29) is 5.92 Å². The number of carbonyl (C=O) groups is 1. The van der Waals surface area contributed by atoms with Crippen LogP contribution in [0.3, 0.4) is 0 Å². The summed E-state index contributed by atoms with van der Waals surface area (Å²) in [5.74, 6) is 1.49. The number of imidazole rings is 1. The number of rotatable bonds is 5. The first kappa shape index (κ1) is 23.2. The van der Waals surface area contributed by atoms with Gasteiger partial charge in [-0.25, -0.2) is 4.98 Å². The number of anilines is 1. The number of hydrogen-bond acceptors (Lipinski definition) is 4. The number of likely N-dealkylation sites (tertiary alicyclic amines) is 1. The van der Waals surface area contributed by atoms with Crippen molar-refractivity contribution in [2.75, 3.05) is 44.2 Å². The molecule has 0 spiro atoms. The highest BCUT2D eigenvalue weighted by molar-refractivity contribution is 6.30. The minimum Gasteiger partial charge on any atom is -0.368 e. The molecule has 3 aromatic rings. The number of hydrogen-bond donors (Lipinski definition) is 0. The zero-order valence-electron chi connectivity index (χ0n) is 20.2. The Kier molecular flexibility index (Phi) is 6.79. The molecule has 2 aliphatic rings. The van der Waals surface area contributed by atoms with E-state index in [1.807, 2.05) is 18.2 Å². The fourth-order valence-electron chi connectivity index (χ4n) is 5.48. The molecule has 180 valence electrons. The second-order valence-corrected chi connectivity index (χ2v) is 10.3. The highest BCUT2D eigenvalue weighted by Gasteiger charge is 2.31. The molecule has 6 nitrogen and oxygen atoms in total. The van der Waals surface area contributed by atoms with Gasteiger partial charge in [0, 0.05) is 49.5 Å². The van der Waals surface area contributed by atoms with Crippen molar-refractivity contribution in [2.24, 2.45) is 5.92 Å². The number of piperidine rings is 1. The van der Waals surface area contributed by atoms with E-state index in [1.165, 1.54) is 11.2 Å². The van der Waals surface area contributed by atoms with E-state index < -0.39 is 0 Å². The average Bonchev–Trinajstić information content (AvgIpc) is 3.22. The number of piperazine rings is 1. The Morgan fingerprint density at radius 1 is 1.03 bits per heavy atom. The van der Waals surface area contributed by atoms with Crippen LogP contribution >= 0.6 is 11.6 Å². The van der Waals surface area contributed by atoms with Gasteiger partial charge in [0.2, 0.25) is 5.91 Å². The van der Waals surface area contributed by atoms with E-state index in [0.717, 1.165) is 75.0 Å². The molecule has 2 aromatic carbocycles. The van der Waals surface area contributed by atoms with Crippen LogP contribution in [0.4, 0.5) is 5.69 Å². The maximum Gasteiger partial charge on any atom is 0.227 e. The Morgan fingerprint density at radius 2 is 1.76 bits per heavy atom. The second-order valence-electron chi connectivity index (χ2n) is 9.84. The fourth-order valence-corrected chi connectivity index (χ4v) is 5.60. The van der Waals surface area contributed by atoms with Gasteiger partial charge in [0.05, 0.1) is 23.5 Å². The topological polar surface area (TPSA) is 44.6 Å². The molecule has 1 amide bonds. The van der Waals surface area contributed by atoms with Crippen molar-refractivity contribution in [1.82, 2.24) is 19.4 Å². The third kappa shape index (κ3) is 4.80. The lowest BCUT2D eigenvalue weighted by molar-refractivity contribution is -0.137. The van der Waals surface area contributed by atoms with Crippen LogP contribution in [0.25, 0.3) is 11.0 Å². The molecule has 2 fully saturated rings. The maximum absolute atomic E-state index is 13.4. The smallest absolute Gasteiger partial charge is 0.227 e. The van der Waals surface area contributed by atoms with Crippen LogP contribution < -0.4 is 4.90 Å². The minimum atomic E-state index is 0.0766. The van der Waals surface area contributed by atoms with Crippen molar-refractivity contribution < 1.29 is 4.79 Å². The van der Waals surface area contributed by atoms with Gasteiger partial charge in [0.1, 0.15) is 5.82 Å². The summed E-state index contributed by atoms with van der Waals surface area (Å²) in [6.07, 6.45) is 2.04. The molecule has 7 heteroatoms. The molecule has 0 unspecified atom stereocenters. The van der Waals surface area contributed by atoms with Crippen LogP contribution in [0.2, 0.25) is 5.02 Å². The summed E-state index contributed by atoms with van der Waals surface area (Å²) in [6, 6.07) is 16.7. The number of amides is 1. The maximum atomic E-state index is 13.4. The molecule has 3 heterocycles. The van der Waals surface area contributed by atoms with Gasteiger partial charge < -0.3 is 14.4 Å². The molecule has 2 aliphatic heterocycles. The van der Waals surface area contributed by atoms with Crippen molar-refractivity contribution >= 4 is 34.2 Å². The molecular weight excluding hydrogens is 446 g/mol. The summed E-state index contributed by atoms with van der Waals surface area (Å²) in [5, 5.41) is 0.753. The van der Waals surface area contributed by atoms with Gasteiger partial charge in [-0.15, -0.1) is 0 Å². The molecule has 0 aliphatic carbocycles. The van der Waals surface area contributed by atoms with Crippen molar-refractivity contribution in [3.8, 4) is 0 Å². The highest BCUT2D eigenvalue weighted by atomic mass is 35.5. The Hall–Kier alpha value is -2.57. The predicted molar refractivity (Wildman–Crippen MR) is 138 cm³/mol. The van der Waals surface area contributed by atoms with Gasteiger partial charge in [-0.1, -0.05) is 23.7 Å². The number of para-hydroxylation sites is 2. The molecule has 0 radical (unpaired) electrons. The fraction of sp³-hybridized carbons (Fsp3) is 0.481. The van der Waals surface area contributed by atoms with E-state index in [2.05, 4.69) is 63.4 Å². The molecule has 5 rings (SSSR count). The largest absolute Gasteiger partial charge is 0.368 e. The first-order valence-corrected chi connectivity index (χ1v) is 12.8. The first-order valence-electron chi connectivity index (χ1n) is 12.5. The van der Waals surface area contributed by atoms with Gasteiger partial charge in [0.15, 0.2) is 0 Å². The van der Waals surface area contributed by atoms with Gasteiger partial charge in [0.25, 0.3) is 0 Å². The quantitative estimate of drug-likeness (QED) is 0.525. The molecule has 1 aromatic heterocycles. The summed E-state index contributed by atoms with van der Waals surface area (Å²) in [4.78, 5) is 25.2. The predicted octanol–water partition coefficient (Wildman–Crippen LogP) is 4.83. The van der Waals surface area contributed by atoms with Crippen molar-refractivity contribution in [3.63, 3.8) is 0 Å². The third-order valence-corrected chi connectivity index (χ3v) is 7.44. The molecule has 1 atom stereocenters. The van der Waals surface area contributed by atoms with Crippen LogP contribution in [-0.4, -0.2) is 64.5 Å². The molecule has 34 heavy (non-hydrogen) atoms. The van der Waals surface area contributed by atoms with Crippen molar-refractivity contribution in [2.45, 2.75) is 39.3 Å². The number of aromatic nitrogens is 2. The van der Waals surface area contributed by atoms with E-state index in [1.54, 1.807) is 0 Å². The van der Waals surface area contributed by atoms with E-state index >= 15 is 0 Å². The normalized spacial score (nSPS) is 19.8.